The Morgan fingerprint density at radius 3 is 2.67 bits per heavy atom. The zero-order chi connectivity index (χ0) is 17.9. The number of carbonyl (C=O) groups is 2. The third-order valence-electron chi connectivity index (χ3n) is 3.15. The first-order chi connectivity index (χ1) is 11.3. The molecule has 24 heavy (non-hydrogen) atoms. The molecule has 0 spiro atoms. The normalized spacial score (nSPS) is 10.7. The number of ether oxygens (including phenoxy) is 1. The van der Waals surface area contributed by atoms with Crippen LogP contribution in [0.25, 0.3) is 0 Å². The Bertz CT molecular complexity index is 766. The number of benzene rings is 1. The molecule has 0 radical (unpaired) electrons. The van der Waals surface area contributed by atoms with E-state index in [0.717, 1.165) is 0 Å². The van der Waals surface area contributed by atoms with Crippen molar-refractivity contribution in [3.63, 3.8) is 0 Å². The first-order valence-corrected chi connectivity index (χ1v) is 7.34. The van der Waals surface area contributed by atoms with E-state index in [-0.39, 0.29) is 23.1 Å². The summed E-state index contributed by atoms with van der Waals surface area (Å²) < 4.78 is 24.6. The van der Waals surface area contributed by atoms with E-state index < -0.39 is 24.1 Å². The van der Waals surface area contributed by atoms with Gasteiger partial charge in [0.15, 0.2) is 0 Å². The van der Waals surface area contributed by atoms with E-state index in [1.54, 1.807) is 13.0 Å². The molecule has 0 unspecified atom stereocenters. The fourth-order valence-corrected chi connectivity index (χ4v) is 2.20. The van der Waals surface area contributed by atoms with Crippen LogP contribution >= 0.6 is 0 Å². The number of hydrogen-bond acceptors (Lipinski definition) is 4. The van der Waals surface area contributed by atoms with Crippen LogP contribution in [0.5, 0.6) is 5.75 Å². The molecule has 0 aliphatic carbocycles. The van der Waals surface area contributed by atoms with Crippen molar-refractivity contribution in [2.45, 2.75) is 33.3 Å². The third-order valence-corrected chi connectivity index (χ3v) is 3.15. The molecule has 0 atom stereocenters. The van der Waals surface area contributed by atoms with Crippen LogP contribution in [0.15, 0.2) is 28.9 Å². The summed E-state index contributed by atoms with van der Waals surface area (Å²) in [6.07, 6.45) is 0.764. The van der Waals surface area contributed by atoms with Crippen LogP contribution in [-0.4, -0.2) is 23.1 Å². The highest BCUT2D eigenvalue weighted by Gasteiger charge is 2.21. The summed E-state index contributed by atoms with van der Waals surface area (Å²) in [5.41, 5.74) is 0.543. The average molecular weight is 335 g/mol. The molecule has 1 heterocycles. The lowest BCUT2D eigenvalue weighted by atomic mass is 10.1. The molecule has 0 aliphatic heterocycles. The molecule has 7 heteroatoms. The van der Waals surface area contributed by atoms with Gasteiger partial charge >= 0.3 is 5.97 Å². The van der Waals surface area contributed by atoms with Gasteiger partial charge in [-0.2, -0.15) is 0 Å². The highest BCUT2D eigenvalue weighted by molar-refractivity contribution is 6.06. The monoisotopic (exact) mass is 335 g/mol. The summed E-state index contributed by atoms with van der Waals surface area (Å²) in [5.74, 6) is -2.03. The van der Waals surface area contributed by atoms with Gasteiger partial charge in [-0.25, -0.2) is 4.39 Å². The van der Waals surface area contributed by atoms with Gasteiger partial charge in [0.25, 0.3) is 5.91 Å². The Kier molecular flexibility index (Phi) is 5.23. The van der Waals surface area contributed by atoms with Crippen molar-refractivity contribution >= 4 is 17.6 Å². The van der Waals surface area contributed by atoms with Gasteiger partial charge < -0.3 is 19.6 Å². The number of carbonyl (C=O) groups excluding carboxylic acids is 1. The van der Waals surface area contributed by atoms with Gasteiger partial charge in [-0.3, -0.25) is 9.59 Å². The number of anilines is 1. The number of rotatable bonds is 6. The predicted octanol–water partition coefficient (Wildman–Crippen LogP) is 3.39. The van der Waals surface area contributed by atoms with Crippen LogP contribution in [0.4, 0.5) is 10.1 Å². The number of carboxylic acids is 1. The first kappa shape index (κ1) is 17.5. The molecular formula is C17H18FNO5. The second-order valence-electron chi connectivity index (χ2n) is 5.55. The number of halogens is 1. The van der Waals surface area contributed by atoms with Crippen molar-refractivity contribution in [2.24, 2.45) is 0 Å². The van der Waals surface area contributed by atoms with E-state index in [0.29, 0.717) is 11.3 Å². The molecule has 2 rings (SSSR count). The molecule has 2 aromatic rings. The minimum Gasteiger partial charge on any atom is -0.491 e. The summed E-state index contributed by atoms with van der Waals surface area (Å²) in [5, 5.41) is 11.3. The van der Waals surface area contributed by atoms with Crippen LogP contribution < -0.4 is 10.1 Å². The highest BCUT2D eigenvalue weighted by Crippen LogP contribution is 2.24. The predicted molar refractivity (Wildman–Crippen MR) is 84.9 cm³/mol. The summed E-state index contributed by atoms with van der Waals surface area (Å²) >= 11 is 0. The van der Waals surface area contributed by atoms with E-state index in [9.17, 15) is 14.0 Å². The van der Waals surface area contributed by atoms with Crippen molar-refractivity contribution in [3.8, 4) is 5.75 Å². The van der Waals surface area contributed by atoms with E-state index in [1.165, 1.54) is 18.4 Å². The molecular weight excluding hydrogens is 317 g/mol. The number of aliphatic carboxylic acids is 1. The smallest absolute Gasteiger partial charge is 0.311 e. The SMILES string of the molecule is Cc1coc(CC(=O)O)c1C(=O)Nc1ccc(OC(C)C)cc1F. The summed E-state index contributed by atoms with van der Waals surface area (Å²) in [6, 6.07) is 4.10. The van der Waals surface area contributed by atoms with Crippen molar-refractivity contribution in [3.05, 3.63) is 47.2 Å². The molecule has 128 valence electrons. The largest absolute Gasteiger partial charge is 0.491 e. The molecule has 0 bridgehead atoms. The fraction of sp³-hybridized carbons (Fsp3) is 0.294. The lowest BCUT2D eigenvalue weighted by molar-refractivity contribution is -0.136. The quantitative estimate of drug-likeness (QED) is 0.844. The molecule has 1 aromatic carbocycles. The summed E-state index contributed by atoms with van der Waals surface area (Å²) in [7, 11) is 0. The number of furan rings is 1. The molecule has 0 saturated carbocycles. The van der Waals surface area contributed by atoms with E-state index in [2.05, 4.69) is 5.32 Å². The maximum Gasteiger partial charge on any atom is 0.311 e. The van der Waals surface area contributed by atoms with Crippen LogP contribution in [0.3, 0.4) is 0 Å². The number of amides is 1. The minimum atomic E-state index is -1.13. The lowest BCUT2D eigenvalue weighted by Crippen LogP contribution is -2.16. The number of aryl methyl sites for hydroxylation is 1. The highest BCUT2D eigenvalue weighted by atomic mass is 19.1. The van der Waals surface area contributed by atoms with Crippen molar-refractivity contribution in [1.29, 1.82) is 0 Å². The van der Waals surface area contributed by atoms with E-state index in [4.69, 9.17) is 14.3 Å². The van der Waals surface area contributed by atoms with E-state index >= 15 is 0 Å². The zero-order valence-corrected chi connectivity index (χ0v) is 13.6. The van der Waals surface area contributed by atoms with Crippen LogP contribution in [0, 0.1) is 12.7 Å². The summed E-state index contributed by atoms with van der Waals surface area (Å²) in [4.78, 5) is 23.2. The van der Waals surface area contributed by atoms with Gasteiger partial charge in [0, 0.05) is 11.6 Å². The molecule has 1 amide bonds. The van der Waals surface area contributed by atoms with Crippen molar-refractivity contribution in [1.82, 2.24) is 0 Å². The lowest BCUT2D eigenvalue weighted by Gasteiger charge is -2.12. The maximum atomic E-state index is 14.1. The van der Waals surface area contributed by atoms with Gasteiger partial charge in [-0.1, -0.05) is 0 Å². The fourth-order valence-electron chi connectivity index (χ4n) is 2.20. The van der Waals surface area contributed by atoms with Crippen LogP contribution in [0.1, 0.15) is 35.5 Å². The van der Waals surface area contributed by atoms with Crippen LogP contribution in [-0.2, 0) is 11.2 Å². The Hall–Kier alpha value is -2.83. The molecule has 0 saturated heterocycles. The van der Waals surface area contributed by atoms with Gasteiger partial charge in [-0.05, 0) is 32.9 Å². The molecule has 1 aromatic heterocycles. The van der Waals surface area contributed by atoms with Crippen molar-refractivity contribution < 1.29 is 28.2 Å². The maximum absolute atomic E-state index is 14.1. The number of carboxylic acid groups (broad SMARTS) is 1. The molecule has 6 nitrogen and oxygen atoms in total. The van der Waals surface area contributed by atoms with Gasteiger partial charge in [0.2, 0.25) is 0 Å². The average Bonchev–Trinajstić information content (AvgIpc) is 2.81. The minimum absolute atomic E-state index is 0.0256. The topological polar surface area (TPSA) is 88.8 Å². The Morgan fingerprint density at radius 1 is 1.38 bits per heavy atom. The Morgan fingerprint density at radius 2 is 2.08 bits per heavy atom. The molecule has 2 N–H and O–H groups in total. The van der Waals surface area contributed by atoms with Gasteiger partial charge in [-0.15, -0.1) is 0 Å². The summed E-state index contributed by atoms with van der Waals surface area (Å²) in [6.45, 7) is 5.25. The number of nitrogens with one attached hydrogen (secondary N) is 1. The third kappa shape index (κ3) is 4.13. The van der Waals surface area contributed by atoms with Crippen molar-refractivity contribution in [2.75, 3.05) is 5.32 Å². The standard InChI is InChI=1S/C17H18FNO5/c1-9(2)24-11-4-5-13(12(18)6-11)19-17(22)16-10(3)8-23-14(16)7-15(20)21/h4-6,8-9H,7H2,1-3H3,(H,19,22)(H,20,21). The van der Waals surface area contributed by atoms with Gasteiger partial charge in [0.1, 0.15) is 23.7 Å². The van der Waals surface area contributed by atoms with E-state index in [1.807, 2.05) is 13.8 Å². The molecule has 0 aliphatic rings. The Labute approximate surface area is 138 Å². The second-order valence-corrected chi connectivity index (χ2v) is 5.55. The zero-order valence-electron chi connectivity index (χ0n) is 13.6. The van der Waals surface area contributed by atoms with Crippen LogP contribution in [0.2, 0.25) is 0 Å². The van der Waals surface area contributed by atoms with Gasteiger partial charge in [0.05, 0.1) is 23.6 Å². The first-order valence-electron chi connectivity index (χ1n) is 7.34. The number of hydrogen-bond donors (Lipinski definition) is 2. The second kappa shape index (κ2) is 7.16. The molecule has 0 fully saturated rings. The Balaban J connectivity index is 2.21.